The summed E-state index contributed by atoms with van der Waals surface area (Å²) in [7, 11) is 0. The number of nitrogens with zero attached hydrogens (tertiary/aromatic N) is 4. The molecule has 5 heterocycles. The number of rotatable bonds is 8. The van der Waals surface area contributed by atoms with Crippen molar-refractivity contribution < 1.29 is 4.79 Å². The number of thiophene rings is 2. The Labute approximate surface area is 225 Å². The van der Waals surface area contributed by atoms with Crippen molar-refractivity contribution in [1.82, 2.24) is 19.1 Å². The summed E-state index contributed by atoms with van der Waals surface area (Å²) in [4.78, 5) is 38.2. The average Bonchev–Trinajstić information content (AvgIpc) is 3.61. The molecule has 36 heavy (non-hydrogen) atoms. The summed E-state index contributed by atoms with van der Waals surface area (Å²) in [6.07, 6.45) is 0. The van der Waals surface area contributed by atoms with Crippen LogP contribution in [0.4, 0.5) is 0 Å². The van der Waals surface area contributed by atoms with Crippen molar-refractivity contribution in [3.63, 3.8) is 0 Å². The normalized spacial score (nSPS) is 11.7. The van der Waals surface area contributed by atoms with Gasteiger partial charge in [-0.3, -0.25) is 18.7 Å². The molecule has 0 radical (unpaired) electrons. The Morgan fingerprint density at radius 3 is 2.58 bits per heavy atom. The average molecular weight is 555 g/mol. The minimum atomic E-state index is -0.0365. The molecule has 0 amide bonds. The molecule has 0 aromatic carbocycles. The van der Waals surface area contributed by atoms with E-state index in [9.17, 15) is 9.59 Å². The van der Waals surface area contributed by atoms with Crippen LogP contribution >= 0.6 is 45.8 Å². The third-order valence-electron chi connectivity index (χ3n) is 5.86. The second-order valence-corrected chi connectivity index (χ2v) is 12.7. The molecule has 0 saturated heterocycles. The molecule has 186 valence electrons. The molecule has 0 bridgehead atoms. The molecule has 0 saturated carbocycles. The number of hydrogen-bond acceptors (Lipinski definition) is 8. The molecule has 0 aliphatic carbocycles. The van der Waals surface area contributed by atoms with Crippen molar-refractivity contribution in [3.05, 3.63) is 67.3 Å². The number of ketones is 1. The molecular weight excluding hydrogens is 529 g/mol. The number of hydrogen-bond donors (Lipinski definition) is 0. The minimum Gasteiger partial charge on any atom is -0.294 e. The van der Waals surface area contributed by atoms with Crippen molar-refractivity contribution >= 4 is 61.8 Å². The standard InChI is InChI=1S/C26H26N4O2S4/c1-14(2)10-29-24(32)22-19(21-7-6-8-33-21)12-34-23(22)28-25(29)36-13-20(31)18-9-16(4)30(17(18)5)26-27-15(3)11-35-26/h6-9,11-12,14H,10,13H2,1-5H3. The predicted octanol–water partition coefficient (Wildman–Crippen LogP) is 6.99. The summed E-state index contributed by atoms with van der Waals surface area (Å²) in [5, 5.41) is 8.17. The minimum absolute atomic E-state index is 0.0172. The lowest BCUT2D eigenvalue weighted by atomic mass is 10.2. The van der Waals surface area contributed by atoms with Gasteiger partial charge in [-0.05, 0) is 44.2 Å². The molecular formula is C26H26N4O2S4. The maximum atomic E-state index is 13.7. The molecule has 0 unspecified atom stereocenters. The number of carbonyl (C=O) groups excluding carboxylic acids is 1. The SMILES string of the molecule is Cc1csc(-n2c(C)cc(C(=O)CSc3nc4scc(-c5cccs5)c4c(=O)n3CC(C)C)c2C)n1. The van der Waals surface area contributed by atoms with Gasteiger partial charge in [0.25, 0.3) is 5.56 Å². The van der Waals surface area contributed by atoms with E-state index in [0.717, 1.165) is 37.5 Å². The zero-order valence-electron chi connectivity index (χ0n) is 20.7. The molecule has 6 nitrogen and oxygen atoms in total. The van der Waals surface area contributed by atoms with Gasteiger partial charge in [0.1, 0.15) is 4.83 Å². The number of thioether (sulfide) groups is 1. The molecule has 5 rings (SSSR count). The fourth-order valence-electron chi connectivity index (χ4n) is 4.25. The van der Waals surface area contributed by atoms with Gasteiger partial charge in [0.15, 0.2) is 16.1 Å². The van der Waals surface area contributed by atoms with Crippen LogP contribution in [-0.4, -0.2) is 30.6 Å². The van der Waals surface area contributed by atoms with Crippen LogP contribution in [0.2, 0.25) is 0 Å². The van der Waals surface area contributed by atoms with E-state index >= 15 is 0 Å². The van der Waals surface area contributed by atoms with E-state index < -0.39 is 0 Å². The van der Waals surface area contributed by atoms with Crippen molar-refractivity contribution in [2.45, 2.75) is 46.3 Å². The van der Waals surface area contributed by atoms with Gasteiger partial charge in [-0.1, -0.05) is 31.7 Å². The smallest absolute Gasteiger partial charge is 0.263 e. The fourth-order valence-corrected chi connectivity index (χ4v) is 7.85. The highest BCUT2D eigenvalue weighted by atomic mass is 32.2. The molecule has 0 aliphatic rings. The Hall–Kier alpha value is -2.53. The van der Waals surface area contributed by atoms with Crippen LogP contribution in [0.1, 0.15) is 41.3 Å². The topological polar surface area (TPSA) is 69.8 Å². The van der Waals surface area contributed by atoms with Crippen LogP contribution in [0.5, 0.6) is 0 Å². The number of thiazole rings is 1. The van der Waals surface area contributed by atoms with Crippen molar-refractivity contribution in [2.24, 2.45) is 5.92 Å². The van der Waals surface area contributed by atoms with Crippen LogP contribution in [0.3, 0.4) is 0 Å². The zero-order valence-corrected chi connectivity index (χ0v) is 24.0. The Bertz CT molecular complexity index is 1620. The van der Waals surface area contributed by atoms with Gasteiger partial charge in [0.05, 0.1) is 16.8 Å². The molecule has 0 fully saturated rings. The largest absolute Gasteiger partial charge is 0.294 e. The van der Waals surface area contributed by atoms with Crippen molar-refractivity contribution in [3.8, 4) is 15.6 Å². The fraction of sp³-hybridized carbons (Fsp3) is 0.308. The van der Waals surface area contributed by atoms with Crippen LogP contribution in [0.25, 0.3) is 25.8 Å². The molecule has 5 aromatic heterocycles. The molecule has 5 aromatic rings. The van der Waals surface area contributed by atoms with Gasteiger partial charge in [0.2, 0.25) is 0 Å². The third kappa shape index (κ3) is 4.63. The first-order valence-corrected chi connectivity index (χ1v) is 15.2. The van der Waals surface area contributed by atoms with E-state index in [-0.39, 0.29) is 23.0 Å². The monoisotopic (exact) mass is 554 g/mol. The lowest BCUT2D eigenvalue weighted by Gasteiger charge is -2.14. The maximum absolute atomic E-state index is 13.7. The lowest BCUT2D eigenvalue weighted by molar-refractivity contribution is 0.102. The van der Waals surface area contributed by atoms with Gasteiger partial charge in [-0.25, -0.2) is 9.97 Å². The van der Waals surface area contributed by atoms with Gasteiger partial charge in [-0.15, -0.1) is 34.0 Å². The maximum Gasteiger partial charge on any atom is 0.263 e. The second-order valence-electron chi connectivity index (χ2n) is 9.11. The molecule has 0 aliphatic heterocycles. The molecule has 0 spiro atoms. The highest BCUT2D eigenvalue weighted by Gasteiger charge is 2.22. The highest BCUT2D eigenvalue weighted by Crippen LogP contribution is 2.35. The van der Waals surface area contributed by atoms with Crippen LogP contribution < -0.4 is 5.56 Å². The van der Waals surface area contributed by atoms with E-state index in [4.69, 9.17) is 4.98 Å². The zero-order chi connectivity index (χ0) is 25.6. The Kier molecular flexibility index (Phi) is 7.04. The Morgan fingerprint density at radius 2 is 1.92 bits per heavy atom. The molecule has 0 atom stereocenters. The van der Waals surface area contributed by atoms with Crippen molar-refractivity contribution in [1.29, 1.82) is 0 Å². The quantitative estimate of drug-likeness (QED) is 0.117. The van der Waals surface area contributed by atoms with E-state index in [1.54, 1.807) is 27.2 Å². The Morgan fingerprint density at radius 1 is 1.11 bits per heavy atom. The van der Waals surface area contributed by atoms with Crippen molar-refractivity contribution in [2.75, 3.05) is 5.75 Å². The van der Waals surface area contributed by atoms with Gasteiger partial charge in [0, 0.05) is 44.7 Å². The first kappa shape index (κ1) is 25.1. The third-order valence-corrected chi connectivity index (χ3v) is 9.55. The summed E-state index contributed by atoms with van der Waals surface area (Å²) >= 11 is 6.01. The second kappa shape index (κ2) is 10.1. The predicted molar refractivity (Wildman–Crippen MR) is 153 cm³/mol. The summed E-state index contributed by atoms with van der Waals surface area (Å²) in [5.41, 5.74) is 4.41. The summed E-state index contributed by atoms with van der Waals surface area (Å²) in [5.74, 6) is 0.491. The number of Topliss-reactive ketones (excluding diaryl/α,β-unsaturated/α-hetero) is 1. The number of fused-ring (bicyclic) bond motifs is 1. The van der Waals surface area contributed by atoms with Gasteiger partial charge in [-0.2, -0.15) is 0 Å². The summed E-state index contributed by atoms with van der Waals surface area (Å²) < 4.78 is 3.78. The summed E-state index contributed by atoms with van der Waals surface area (Å²) in [6.45, 7) is 10.6. The van der Waals surface area contributed by atoms with Gasteiger partial charge < -0.3 is 0 Å². The van der Waals surface area contributed by atoms with Crippen LogP contribution in [-0.2, 0) is 6.54 Å². The lowest BCUT2D eigenvalue weighted by Crippen LogP contribution is -2.25. The van der Waals surface area contributed by atoms with E-state index in [2.05, 4.69) is 18.8 Å². The molecule has 0 N–H and O–H groups in total. The number of aromatic nitrogens is 4. The first-order chi connectivity index (χ1) is 17.2. The Balaban J connectivity index is 1.47. The van der Waals surface area contributed by atoms with E-state index in [1.807, 2.05) is 59.7 Å². The van der Waals surface area contributed by atoms with Gasteiger partial charge >= 0.3 is 0 Å². The first-order valence-electron chi connectivity index (χ1n) is 11.6. The van der Waals surface area contributed by atoms with E-state index in [0.29, 0.717) is 22.7 Å². The number of carbonyl (C=O) groups is 1. The van der Waals surface area contributed by atoms with Crippen LogP contribution in [0, 0.1) is 26.7 Å². The highest BCUT2D eigenvalue weighted by molar-refractivity contribution is 7.99. The molecule has 10 heteroatoms. The van der Waals surface area contributed by atoms with E-state index in [1.165, 1.54) is 23.1 Å². The number of aryl methyl sites for hydroxylation is 2. The summed E-state index contributed by atoms with van der Waals surface area (Å²) in [6, 6.07) is 5.95. The van der Waals surface area contributed by atoms with Crippen LogP contribution in [0.15, 0.2) is 44.3 Å².